The van der Waals surface area contributed by atoms with E-state index in [-0.39, 0.29) is 12.2 Å². The molecule has 0 saturated heterocycles. The van der Waals surface area contributed by atoms with Gasteiger partial charge in [0.2, 0.25) is 0 Å². The molecule has 1 aromatic heterocycles. The van der Waals surface area contributed by atoms with Gasteiger partial charge in [0.1, 0.15) is 0 Å². The molecule has 0 amide bonds. The summed E-state index contributed by atoms with van der Waals surface area (Å²) in [5.74, 6) is -1.45. The van der Waals surface area contributed by atoms with Crippen LogP contribution in [-0.2, 0) is 17.5 Å². The van der Waals surface area contributed by atoms with Crippen molar-refractivity contribution >= 4 is 5.97 Å². The summed E-state index contributed by atoms with van der Waals surface area (Å²) in [5.41, 5.74) is 0.529. The number of pyridine rings is 1. The average molecular weight is 284 g/mol. The fourth-order valence-corrected chi connectivity index (χ4v) is 1.44. The van der Waals surface area contributed by atoms with Crippen LogP contribution in [0, 0.1) is 0 Å². The first-order valence-corrected chi connectivity index (χ1v) is 4.89. The van der Waals surface area contributed by atoms with Gasteiger partial charge in [-0.05, 0) is 6.07 Å². The van der Waals surface area contributed by atoms with E-state index in [0.29, 0.717) is 6.07 Å². The van der Waals surface area contributed by atoms with Crippen LogP contribution in [-0.4, -0.2) is 18.1 Å². The second kappa shape index (κ2) is 5.47. The fraction of sp³-hybridized carbons (Fsp3) is 0.400. The van der Waals surface area contributed by atoms with Crippen LogP contribution in [0.2, 0.25) is 0 Å². The SMILES string of the molecule is COC(=O)c1nc(CN)cc(C(F)F)c1C(F)(F)F. The van der Waals surface area contributed by atoms with Crippen LogP contribution >= 0.6 is 0 Å². The van der Waals surface area contributed by atoms with Gasteiger partial charge >= 0.3 is 12.1 Å². The number of halogens is 5. The Bertz CT molecular complexity index is 488. The van der Waals surface area contributed by atoms with Crippen molar-refractivity contribution < 1.29 is 31.5 Å². The van der Waals surface area contributed by atoms with E-state index in [2.05, 4.69) is 9.72 Å². The third-order valence-corrected chi connectivity index (χ3v) is 2.21. The molecule has 0 aliphatic carbocycles. The summed E-state index contributed by atoms with van der Waals surface area (Å²) >= 11 is 0. The number of nitrogens with two attached hydrogens (primary N) is 1. The number of carbonyl (C=O) groups excluding carboxylic acids is 1. The number of alkyl halides is 5. The van der Waals surface area contributed by atoms with E-state index in [4.69, 9.17) is 5.73 Å². The van der Waals surface area contributed by atoms with Crippen molar-refractivity contribution in [3.63, 3.8) is 0 Å². The second-order valence-corrected chi connectivity index (χ2v) is 3.42. The number of rotatable bonds is 3. The van der Waals surface area contributed by atoms with Crippen molar-refractivity contribution in [1.82, 2.24) is 4.98 Å². The van der Waals surface area contributed by atoms with Crippen LogP contribution in [0.4, 0.5) is 22.0 Å². The minimum Gasteiger partial charge on any atom is -0.464 e. The first-order chi connectivity index (χ1) is 8.72. The molecule has 0 spiro atoms. The molecule has 0 radical (unpaired) electrons. The van der Waals surface area contributed by atoms with Crippen LogP contribution < -0.4 is 5.73 Å². The molecule has 0 aliphatic rings. The van der Waals surface area contributed by atoms with Crippen LogP contribution in [0.1, 0.15) is 33.7 Å². The third-order valence-electron chi connectivity index (χ3n) is 2.21. The second-order valence-electron chi connectivity index (χ2n) is 3.42. The summed E-state index contributed by atoms with van der Waals surface area (Å²) in [4.78, 5) is 14.6. The van der Waals surface area contributed by atoms with Crippen molar-refractivity contribution in [2.75, 3.05) is 7.11 Å². The van der Waals surface area contributed by atoms with Gasteiger partial charge < -0.3 is 10.5 Å². The number of methoxy groups -OCH3 is 1. The first-order valence-electron chi connectivity index (χ1n) is 4.89. The first kappa shape index (κ1) is 15.3. The molecule has 1 rings (SSSR count). The molecule has 0 atom stereocenters. The number of carbonyl (C=O) groups is 1. The topological polar surface area (TPSA) is 65.2 Å². The summed E-state index contributed by atoms with van der Waals surface area (Å²) in [6.07, 6.45) is -8.58. The molecule has 19 heavy (non-hydrogen) atoms. The minimum atomic E-state index is -5.16. The molecule has 0 unspecified atom stereocenters. The highest BCUT2D eigenvalue weighted by Crippen LogP contribution is 2.38. The maximum atomic E-state index is 12.8. The lowest BCUT2D eigenvalue weighted by Gasteiger charge is -2.16. The lowest BCUT2D eigenvalue weighted by atomic mass is 10.0. The Morgan fingerprint density at radius 2 is 2.05 bits per heavy atom. The maximum Gasteiger partial charge on any atom is 0.419 e. The van der Waals surface area contributed by atoms with E-state index in [1.165, 1.54) is 0 Å². The number of hydrogen-bond acceptors (Lipinski definition) is 4. The van der Waals surface area contributed by atoms with Crippen LogP contribution in [0.3, 0.4) is 0 Å². The average Bonchev–Trinajstić information content (AvgIpc) is 2.34. The third kappa shape index (κ3) is 3.16. The van der Waals surface area contributed by atoms with E-state index in [0.717, 1.165) is 7.11 Å². The summed E-state index contributed by atoms with van der Waals surface area (Å²) in [6.45, 7) is -0.387. The molecule has 0 saturated carbocycles. The smallest absolute Gasteiger partial charge is 0.419 e. The Balaban J connectivity index is 3.66. The standard InChI is InChI=1S/C10H9F5N2O2/c1-19-9(18)7-6(10(13,14)15)5(8(11)12)2-4(3-16)17-7/h2,8H,3,16H2,1H3. The van der Waals surface area contributed by atoms with Crippen molar-refractivity contribution in [3.05, 3.63) is 28.6 Å². The van der Waals surface area contributed by atoms with Gasteiger partial charge in [0.15, 0.2) is 5.69 Å². The quantitative estimate of drug-likeness (QED) is 0.683. The lowest BCUT2D eigenvalue weighted by molar-refractivity contribution is -0.140. The van der Waals surface area contributed by atoms with Gasteiger partial charge in [0.25, 0.3) is 6.43 Å². The van der Waals surface area contributed by atoms with E-state index in [9.17, 15) is 26.7 Å². The Morgan fingerprint density at radius 3 is 2.42 bits per heavy atom. The molecule has 0 bridgehead atoms. The fourth-order valence-electron chi connectivity index (χ4n) is 1.44. The number of nitrogens with zero attached hydrogens (tertiary/aromatic N) is 1. The number of aromatic nitrogens is 1. The summed E-state index contributed by atoms with van der Waals surface area (Å²) in [6, 6.07) is 0.528. The number of hydrogen-bond donors (Lipinski definition) is 1. The van der Waals surface area contributed by atoms with Gasteiger partial charge in [-0.1, -0.05) is 0 Å². The minimum absolute atomic E-state index is 0.260. The maximum absolute atomic E-state index is 12.8. The van der Waals surface area contributed by atoms with Crippen molar-refractivity contribution in [2.24, 2.45) is 5.73 Å². The summed E-state index contributed by atoms with van der Waals surface area (Å²) < 4.78 is 67.9. The molecule has 1 aromatic rings. The van der Waals surface area contributed by atoms with E-state index < -0.39 is 35.4 Å². The summed E-state index contributed by atoms with van der Waals surface area (Å²) in [5, 5.41) is 0. The highest BCUT2D eigenvalue weighted by atomic mass is 19.4. The molecule has 106 valence electrons. The van der Waals surface area contributed by atoms with E-state index >= 15 is 0 Å². The Kier molecular flexibility index (Phi) is 4.40. The Morgan fingerprint density at radius 1 is 1.47 bits per heavy atom. The van der Waals surface area contributed by atoms with Crippen molar-refractivity contribution in [2.45, 2.75) is 19.1 Å². The zero-order valence-electron chi connectivity index (χ0n) is 9.59. The number of esters is 1. The lowest BCUT2D eigenvalue weighted by Crippen LogP contribution is -2.21. The highest BCUT2D eigenvalue weighted by Gasteiger charge is 2.41. The molecule has 4 nitrogen and oxygen atoms in total. The van der Waals surface area contributed by atoms with Crippen molar-refractivity contribution in [3.8, 4) is 0 Å². The molecular weight excluding hydrogens is 275 g/mol. The normalized spacial score (nSPS) is 11.8. The van der Waals surface area contributed by atoms with E-state index in [1.807, 2.05) is 0 Å². The zero-order valence-corrected chi connectivity index (χ0v) is 9.59. The zero-order chi connectivity index (χ0) is 14.8. The summed E-state index contributed by atoms with van der Waals surface area (Å²) in [7, 11) is 0.821. The Labute approximate surface area is 104 Å². The highest BCUT2D eigenvalue weighted by molar-refractivity contribution is 5.89. The molecule has 9 heteroatoms. The van der Waals surface area contributed by atoms with Gasteiger partial charge in [-0.15, -0.1) is 0 Å². The molecular formula is C10H9F5N2O2. The van der Waals surface area contributed by atoms with Gasteiger partial charge in [-0.3, -0.25) is 0 Å². The predicted molar refractivity (Wildman–Crippen MR) is 53.4 cm³/mol. The van der Waals surface area contributed by atoms with Crippen LogP contribution in [0.5, 0.6) is 0 Å². The monoisotopic (exact) mass is 284 g/mol. The molecule has 0 aliphatic heterocycles. The number of ether oxygens (including phenoxy) is 1. The molecule has 0 fully saturated rings. The van der Waals surface area contributed by atoms with Gasteiger partial charge in [0.05, 0.1) is 18.4 Å². The molecule has 1 heterocycles. The van der Waals surface area contributed by atoms with E-state index in [1.54, 1.807) is 0 Å². The predicted octanol–water partition coefficient (Wildman–Crippen LogP) is 2.28. The molecule has 2 N–H and O–H groups in total. The van der Waals surface area contributed by atoms with Gasteiger partial charge in [-0.25, -0.2) is 18.6 Å². The van der Waals surface area contributed by atoms with Crippen LogP contribution in [0.15, 0.2) is 6.07 Å². The van der Waals surface area contributed by atoms with Gasteiger partial charge in [0, 0.05) is 12.1 Å². The Hall–Kier alpha value is -1.77. The van der Waals surface area contributed by atoms with Crippen molar-refractivity contribution in [1.29, 1.82) is 0 Å². The van der Waals surface area contributed by atoms with Crippen LogP contribution in [0.25, 0.3) is 0 Å². The molecule has 0 aromatic carbocycles. The largest absolute Gasteiger partial charge is 0.464 e. The van der Waals surface area contributed by atoms with Gasteiger partial charge in [-0.2, -0.15) is 13.2 Å².